The van der Waals surface area contributed by atoms with Crippen LogP contribution in [-0.2, 0) is 0 Å². The first-order chi connectivity index (χ1) is 15.3. The molecule has 1 aromatic carbocycles. The largest absolute Gasteiger partial charge is 0.382 e. The van der Waals surface area contributed by atoms with Crippen LogP contribution in [0.1, 0.15) is 24.7 Å². The van der Waals surface area contributed by atoms with Crippen molar-refractivity contribution < 1.29 is 4.39 Å². The van der Waals surface area contributed by atoms with Crippen LogP contribution in [0.25, 0.3) is 16.7 Å². The number of anilines is 3. The van der Waals surface area contributed by atoms with Crippen molar-refractivity contribution in [2.75, 3.05) is 16.8 Å². The van der Waals surface area contributed by atoms with Gasteiger partial charge in [-0.1, -0.05) is 23.2 Å². The van der Waals surface area contributed by atoms with E-state index in [-0.39, 0.29) is 44.5 Å². The molecule has 164 valence electrons. The summed E-state index contributed by atoms with van der Waals surface area (Å²) in [7, 11) is 0. The van der Waals surface area contributed by atoms with Crippen LogP contribution in [0.15, 0.2) is 29.2 Å². The second-order valence-electron chi connectivity index (χ2n) is 7.43. The molecule has 3 heterocycles. The third-order valence-electron chi connectivity index (χ3n) is 5.20. The molecule has 0 saturated heterocycles. The predicted octanol–water partition coefficient (Wildman–Crippen LogP) is 3.07. The third-order valence-corrected chi connectivity index (χ3v) is 5.86. The first-order valence-electron chi connectivity index (χ1n) is 9.60. The monoisotopic (exact) mass is 475 g/mol. The highest BCUT2D eigenvalue weighted by Gasteiger charge is 2.37. The molecule has 4 aromatic rings. The van der Waals surface area contributed by atoms with Gasteiger partial charge in [0.1, 0.15) is 28.3 Å². The van der Waals surface area contributed by atoms with Gasteiger partial charge in [-0.3, -0.25) is 9.89 Å². The maximum atomic E-state index is 14.0. The van der Waals surface area contributed by atoms with Crippen molar-refractivity contribution in [1.82, 2.24) is 29.7 Å². The van der Waals surface area contributed by atoms with Gasteiger partial charge in [-0.15, -0.1) is 0 Å². The Balaban J connectivity index is 1.76. The smallest absolute Gasteiger partial charge is 0.267 e. The molecule has 13 heteroatoms. The Morgan fingerprint density at radius 2 is 2.00 bits per heavy atom. The van der Waals surface area contributed by atoms with Crippen molar-refractivity contribution in [1.29, 1.82) is 0 Å². The van der Waals surface area contributed by atoms with Crippen molar-refractivity contribution in [2.45, 2.75) is 18.9 Å². The minimum Gasteiger partial charge on any atom is -0.382 e. The van der Waals surface area contributed by atoms with E-state index in [2.05, 4.69) is 30.5 Å². The van der Waals surface area contributed by atoms with E-state index in [9.17, 15) is 9.18 Å². The lowest BCUT2D eigenvalue weighted by Crippen LogP contribution is -2.30. The van der Waals surface area contributed by atoms with Crippen LogP contribution < -0.4 is 22.3 Å². The van der Waals surface area contributed by atoms with Crippen molar-refractivity contribution >= 4 is 51.7 Å². The number of fused-ring (bicyclic) bond motifs is 1. The Morgan fingerprint density at radius 3 is 2.69 bits per heavy atom. The molecule has 0 radical (unpaired) electrons. The molecule has 1 fully saturated rings. The number of H-pyrrole nitrogens is 1. The lowest BCUT2D eigenvalue weighted by atomic mass is 10.1. The molecular weight excluding hydrogens is 460 g/mol. The Bertz CT molecular complexity index is 1400. The summed E-state index contributed by atoms with van der Waals surface area (Å²) in [5.41, 5.74) is 11.2. The van der Waals surface area contributed by atoms with Gasteiger partial charge >= 0.3 is 0 Å². The van der Waals surface area contributed by atoms with Gasteiger partial charge in [0.25, 0.3) is 5.56 Å². The van der Waals surface area contributed by atoms with E-state index in [0.717, 1.165) is 25.0 Å². The highest BCUT2D eigenvalue weighted by atomic mass is 35.5. The average Bonchev–Trinajstić information content (AvgIpc) is 3.44. The topological polar surface area (TPSA) is 153 Å². The van der Waals surface area contributed by atoms with Gasteiger partial charge in [0.05, 0.1) is 28.2 Å². The highest BCUT2D eigenvalue weighted by molar-refractivity contribution is 6.35. The number of aromatic nitrogens is 6. The molecular formula is C19H16Cl2FN9O. The zero-order valence-corrected chi connectivity index (χ0v) is 17.8. The van der Waals surface area contributed by atoms with E-state index in [1.54, 1.807) is 6.07 Å². The van der Waals surface area contributed by atoms with Crippen LogP contribution in [0.4, 0.5) is 22.0 Å². The number of nitrogens with one attached hydrogen (secondary N) is 2. The minimum atomic E-state index is -0.638. The van der Waals surface area contributed by atoms with Gasteiger partial charge in [-0.25, -0.2) is 13.9 Å². The summed E-state index contributed by atoms with van der Waals surface area (Å²) in [4.78, 5) is 26.1. The normalized spacial score (nSPS) is 14.6. The second-order valence-corrected chi connectivity index (χ2v) is 8.21. The summed E-state index contributed by atoms with van der Waals surface area (Å²) in [5.74, 6) is 0.341. The average molecular weight is 476 g/mol. The lowest BCUT2D eigenvalue weighted by Gasteiger charge is -2.23. The first-order valence-corrected chi connectivity index (χ1v) is 10.4. The van der Waals surface area contributed by atoms with Crippen LogP contribution in [0.3, 0.4) is 0 Å². The van der Waals surface area contributed by atoms with Crippen LogP contribution in [-0.4, -0.2) is 29.7 Å². The molecule has 0 aliphatic heterocycles. The number of rotatable bonds is 5. The fraction of sp³-hybridized carbons (Fsp3) is 0.211. The van der Waals surface area contributed by atoms with E-state index in [1.165, 1.54) is 10.8 Å². The molecule has 0 spiro atoms. The molecule has 1 aliphatic rings. The summed E-state index contributed by atoms with van der Waals surface area (Å²) in [6.45, 7) is 0. The van der Waals surface area contributed by atoms with Gasteiger partial charge in [-0.2, -0.15) is 15.1 Å². The number of nitrogen functional groups attached to an aromatic ring is 2. The summed E-state index contributed by atoms with van der Waals surface area (Å²) in [6, 6.07) is 3.32. The first kappa shape index (κ1) is 20.5. The van der Waals surface area contributed by atoms with Gasteiger partial charge in [-0.05, 0) is 30.9 Å². The Kier molecular flexibility index (Phi) is 4.86. The van der Waals surface area contributed by atoms with Crippen molar-refractivity contribution in [3.63, 3.8) is 0 Å². The molecule has 5 rings (SSSR count). The van der Waals surface area contributed by atoms with Gasteiger partial charge in [0, 0.05) is 6.07 Å². The quantitative estimate of drug-likeness (QED) is 0.343. The number of hydrogen-bond donors (Lipinski definition) is 4. The molecule has 0 amide bonds. The molecule has 1 aliphatic carbocycles. The standard InChI is InChI=1S/C19H16Cl2FN9O/c20-10-6-8(22)5-9-14(10)27-17(31(18(9)32)11-3-4-25-30-11)13(7-1-2-7)26-16-12(21)15(23)28-19(24)29-16/h3-7,13H,1-2H2,(H,25,30)(H5,23,24,26,28,29). The highest BCUT2D eigenvalue weighted by Crippen LogP contribution is 2.44. The summed E-state index contributed by atoms with van der Waals surface area (Å²) in [6.07, 6.45) is 3.25. The van der Waals surface area contributed by atoms with E-state index >= 15 is 0 Å². The van der Waals surface area contributed by atoms with E-state index in [1.807, 2.05) is 0 Å². The van der Waals surface area contributed by atoms with Crippen molar-refractivity contribution in [2.24, 2.45) is 5.92 Å². The number of hydrogen-bond acceptors (Lipinski definition) is 8. The number of nitrogens with two attached hydrogens (primary N) is 2. The number of aromatic amines is 1. The number of nitrogens with zero attached hydrogens (tertiary/aromatic N) is 5. The van der Waals surface area contributed by atoms with Gasteiger partial charge in [0.15, 0.2) is 5.82 Å². The van der Waals surface area contributed by atoms with Gasteiger partial charge < -0.3 is 16.8 Å². The van der Waals surface area contributed by atoms with Crippen LogP contribution in [0.5, 0.6) is 0 Å². The second kappa shape index (κ2) is 7.61. The van der Waals surface area contributed by atoms with Crippen LogP contribution in [0, 0.1) is 11.7 Å². The zero-order valence-electron chi connectivity index (χ0n) is 16.3. The third kappa shape index (κ3) is 3.49. The molecule has 32 heavy (non-hydrogen) atoms. The summed E-state index contributed by atoms with van der Waals surface area (Å²) >= 11 is 12.5. The molecule has 6 N–H and O–H groups in total. The van der Waals surface area contributed by atoms with E-state index in [4.69, 9.17) is 34.7 Å². The van der Waals surface area contributed by atoms with Crippen molar-refractivity contribution in [3.05, 3.63) is 56.4 Å². The fourth-order valence-corrected chi connectivity index (χ4v) is 3.98. The van der Waals surface area contributed by atoms with Crippen LogP contribution in [0.2, 0.25) is 10.0 Å². The van der Waals surface area contributed by atoms with Crippen LogP contribution >= 0.6 is 23.2 Å². The molecule has 1 atom stereocenters. The molecule has 10 nitrogen and oxygen atoms in total. The van der Waals surface area contributed by atoms with Gasteiger partial charge in [0.2, 0.25) is 5.95 Å². The number of benzene rings is 1. The Morgan fingerprint density at radius 1 is 1.22 bits per heavy atom. The molecule has 3 aromatic heterocycles. The SMILES string of the molecule is Nc1nc(N)c(Cl)c(NC(c2nc3c(Cl)cc(F)cc3c(=O)n2-c2ccn[nH]2)C2CC2)n1. The molecule has 1 saturated carbocycles. The zero-order chi connectivity index (χ0) is 22.6. The van der Waals surface area contributed by atoms with E-state index in [0.29, 0.717) is 11.6 Å². The Labute approximate surface area is 189 Å². The summed E-state index contributed by atoms with van der Waals surface area (Å²) in [5, 5.41) is 10.1. The maximum absolute atomic E-state index is 14.0. The lowest BCUT2D eigenvalue weighted by molar-refractivity contribution is 0.604. The summed E-state index contributed by atoms with van der Waals surface area (Å²) < 4.78 is 15.3. The maximum Gasteiger partial charge on any atom is 0.267 e. The number of halogens is 3. The molecule has 0 bridgehead atoms. The predicted molar refractivity (Wildman–Crippen MR) is 119 cm³/mol. The minimum absolute atomic E-state index is 0.0205. The molecule has 1 unspecified atom stereocenters. The van der Waals surface area contributed by atoms with E-state index < -0.39 is 17.4 Å². The van der Waals surface area contributed by atoms with Crippen molar-refractivity contribution in [3.8, 4) is 5.82 Å². The fourth-order valence-electron chi connectivity index (χ4n) is 3.59. The Hall–Kier alpha value is -3.44.